The Hall–Kier alpha value is -2.87. The molecular formula is C21H27N3O5. The second-order valence-corrected chi connectivity index (χ2v) is 8.35. The van der Waals surface area contributed by atoms with E-state index < -0.39 is 23.2 Å². The van der Waals surface area contributed by atoms with Crippen molar-refractivity contribution in [1.82, 2.24) is 15.1 Å². The lowest BCUT2D eigenvalue weighted by molar-refractivity contribution is -0.137. The first-order chi connectivity index (χ1) is 13.6. The minimum Gasteiger partial charge on any atom is -0.480 e. The lowest BCUT2D eigenvalue weighted by Crippen LogP contribution is -2.63. The standard InChI is InChI=1S/C21H27N3O5/c1-14-9-17(23-24(14)11-18(25)26)15-7-5-6-8-16(10-15)21(12-28-13-21)22-19(27)29-20(2,3)4/h5-7,9-10H,8,11-13H2,1-4H3,(H,22,27)(H,25,26). The molecule has 2 aliphatic rings. The number of nitrogens with zero attached hydrogens (tertiary/aromatic N) is 2. The molecule has 0 bridgehead atoms. The van der Waals surface area contributed by atoms with Crippen molar-refractivity contribution in [1.29, 1.82) is 0 Å². The normalized spacial score (nSPS) is 18.2. The molecule has 0 radical (unpaired) electrons. The third kappa shape index (κ3) is 4.95. The van der Waals surface area contributed by atoms with Crippen LogP contribution >= 0.6 is 0 Å². The van der Waals surface area contributed by atoms with Crippen molar-refractivity contribution < 1.29 is 24.2 Å². The molecule has 0 unspecified atom stereocenters. The third-order valence-electron chi connectivity index (χ3n) is 4.69. The van der Waals surface area contributed by atoms with Crippen molar-refractivity contribution >= 4 is 17.6 Å². The Balaban J connectivity index is 1.86. The molecule has 1 aliphatic heterocycles. The highest BCUT2D eigenvalue weighted by atomic mass is 16.6. The van der Waals surface area contributed by atoms with E-state index in [0.717, 1.165) is 16.8 Å². The highest BCUT2D eigenvalue weighted by Gasteiger charge is 2.44. The molecule has 0 saturated carbocycles. The molecule has 8 nitrogen and oxygen atoms in total. The molecule has 3 rings (SSSR count). The van der Waals surface area contributed by atoms with Crippen LogP contribution in [0.3, 0.4) is 0 Å². The molecule has 0 atom stereocenters. The van der Waals surface area contributed by atoms with E-state index >= 15 is 0 Å². The highest BCUT2D eigenvalue weighted by molar-refractivity contribution is 5.77. The van der Waals surface area contributed by atoms with E-state index in [0.29, 0.717) is 25.3 Å². The zero-order valence-corrected chi connectivity index (χ0v) is 17.2. The Morgan fingerprint density at radius 1 is 1.38 bits per heavy atom. The average molecular weight is 401 g/mol. The number of hydrogen-bond donors (Lipinski definition) is 2. The van der Waals surface area contributed by atoms with Gasteiger partial charge in [0.2, 0.25) is 0 Å². The van der Waals surface area contributed by atoms with Gasteiger partial charge in [0.25, 0.3) is 0 Å². The van der Waals surface area contributed by atoms with E-state index in [1.54, 1.807) is 0 Å². The minimum absolute atomic E-state index is 0.191. The van der Waals surface area contributed by atoms with Gasteiger partial charge in [0.15, 0.2) is 0 Å². The van der Waals surface area contributed by atoms with Gasteiger partial charge >= 0.3 is 12.1 Å². The van der Waals surface area contributed by atoms with E-state index in [-0.39, 0.29) is 6.54 Å². The van der Waals surface area contributed by atoms with Crippen LogP contribution in [0.5, 0.6) is 0 Å². The van der Waals surface area contributed by atoms with E-state index in [9.17, 15) is 9.59 Å². The predicted octanol–water partition coefficient (Wildman–Crippen LogP) is 2.84. The van der Waals surface area contributed by atoms with Gasteiger partial charge in [-0.2, -0.15) is 5.10 Å². The Morgan fingerprint density at radius 3 is 2.69 bits per heavy atom. The molecule has 1 aromatic heterocycles. The van der Waals surface area contributed by atoms with Crippen LogP contribution in [0.15, 0.2) is 35.9 Å². The molecule has 0 aromatic carbocycles. The number of ether oxygens (including phenoxy) is 2. The van der Waals surface area contributed by atoms with Gasteiger partial charge < -0.3 is 19.9 Å². The first kappa shape index (κ1) is 20.9. The summed E-state index contributed by atoms with van der Waals surface area (Å²) in [4.78, 5) is 23.4. The fraction of sp³-hybridized carbons (Fsp3) is 0.476. The number of carboxylic acids is 1. The SMILES string of the molecule is Cc1cc(C2=CC=CCC(C3(NC(=O)OC(C)(C)C)COC3)=C2)nn1CC(=O)O. The lowest BCUT2D eigenvalue weighted by atomic mass is 9.84. The Labute approximate surface area is 169 Å². The fourth-order valence-corrected chi connectivity index (χ4v) is 3.24. The molecule has 1 aromatic rings. The van der Waals surface area contributed by atoms with Crippen LogP contribution in [-0.4, -0.2) is 51.3 Å². The van der Waals surface area contributed by atoms with Gasteiger partial charge in [0.05, 0.1) is 18.9 Å². The van der Waals surface area contributed by atoms with Crippen LogP contribution in [0, 0.1) is 6.92 Å². The van der Waals surface area contributed by atoms with Crippen molar-refractivity contribution in [2.45, 2.75) is 51.8 Å². The Morgan fingerprint density at radius 2 is 2.10 bits per heavy atom. The maximum absolute atomic E-state index is 12.4. The summed E-state index contributed by atoms with van der Waals surface area (Å²) in [5.41, 5.74) is 2.06. The van der Waals surface area contributed by atoms with Crippen LogP contribution < -0.4 is 5.32 Å². The molecule has 8 heteroatoms. The summed E-state index contributed by atoms with van der Waals surface area (Å²) in [6.07, 6.45) is 8.03. The van der Waals surface area contributed by atoms with Gasteiger partial charge in [0.1, 0.15) is 17.7 Å². The molecule has 156 valence electrons. The van der Waals surface area contributed by atoms with E-state index in [2.05, 4.69) is 10.4 Å². The lowest BCUT2D eigenvalue weighted by Gasteiger charge is -2.44. The molecule has 2 heterocycles. The van der Waals surface area contributed by atoms with Gasteiger partial charge in [-0.3, -0.25) is 9.48 Å². The largest absolute Gasteiger partial charge is 0.480 e. The third-order valence-corrected chi connectivity index (χ3v) is 4.69. The summed E-state index contributed by atoms with van der Waals surface area (Å²) in [5.74, 6) is -0.944. The second-order valence-electron chi connectivity index (χ2n) is 8.35. The highest BCUT2D eigenvalue weighted by Crippen LogP contribution is 2.33. The number of carboxylic acid groups (broad SMARTS) is 1. The smallest absolute Gasteiger partial charge is 0.408 e. The number of carbonyl (C=O) groups excluding carboxylic acids is 1. The maximum atomic E-state index is 12.4. The van der Waals surface area contributed by atoms with Gasteiger partial charge in [-0.15, -0.1) is 0 Å². The Bertz CT molecular complexity index is 898. The van der Waals surface area contributed by atoms with Gasteiger partial charge in [-0.1, -0.05) is 24.3 Å². The monoisotopic (exact) mass is 401 g/mol. The van der Waals surface area contributed by atoms with Crippen LogP contribution in [0.2, 0.25) is 0 Å². The number of aromatic nitrogens is 2. The summed E-state index contributed by atoms with van der Waals surface area (Å²) >= 11 is 0. The number of allylic oxidation sites excluding steroid dienone is 5. The first-order valence-corrected chi connectivity index (χ1v) is 9.51. The van der Waals surface area contributed by atoms with E-state index in [1.807, 2.05) is 58.1 Å². The molecule has 1 amide bonds. The molecule has 0 spiro atoms. The van der Waals surface area contributed by atoms with Gasteiger partial charge in [-0.05, 0) is 45.8 Å². The summed E-state index contributed by atoms with van der Waals surface area (Å²) in [5, 5.41) is 16.5. The van der Waals surface area contributed by atoms with Crippen LogP contribution in [0.4, 0.5) is 4.79 Å². The fourth-order valence-electron chi connectivity index (χ4n) is 3.24. The zero-order chi connectivity index (χ0) is 21.2. The van der Waals surface area contributed by atoms with Crippen molar-refractivity contribution in [3.05, 3.63) is 47.3 Å². The quantitative estimate of drug-likeness (QED) is 0.787. The van der Waals surface area contributed by atoms with Crippen LogP contribution in [0.25, 0.3) is 5.57 Å². The number of aryl methyl sites for hydroxylation is 1. The topological polar surface area (TPSA) is 103 Å². The first-order valence-electron chi connectivity index (χ1n) is 9.51. The van der Waals surface area contributed by atoms with Crippen LogP contribution in [0.1, 0.15) is 38.6 Å². The van der Waals surface area contributed by atoms with E-state index in [4.69, 9.17) is 14.6 Å². The van der Waals surface area contributed by atoms with Gasteiger partial charge in [0, 0.05) is 11.3 Å². The average Bonchev–Trinajstić information content (AvgIpc) is 2.78. The molecule has 1 saturated heterocycles. The van der Waals surface area contributed by atoms with Crippen molar-refractivity contribution in [2.75, 3.05) is 13.2 Å². The number of alkyl carbamates (subject to hydrolysis) is 1. The number of nitrogens with one attached hydrogen (secondary N) is 1. The van der Waals surface area contributed by atoms with Crippen molar-refractivity contribution in [3.63, 3.8) is 0 Å². The van der Waals surface area contributed by atoms with Gasteiger partial charge in [-0.25, -0.2) is 4.79 Å². The summed E-state index contributed by atoms with van der Waals surface area (Å²) in [6, 6.07) is 1.85. The number of amides is 1. The second kappa shape index (κ2) is 7.87. The maximum Gasteiger partial charge on any atom is 0.408 e. The predicted molar refractivity (Wildman–Crippen MR) is 107 cm³/mol. The number of carbonyl (C=O) groups is 2. The number of hydrogen-bond acceptors (Lipinski definition) is 5. The van der Waals surface area contributed by atoms with Crippen molar-refractivity contribution in [3.8, 4) is 0 Å². The molecule has 29 heavy (non-hydrogen) atoms. The number of rotatable bonds is 5. The van der Waals surface area contributed by atoms with Crippen LogP contribution in [-0.2, 0) is 20.8 Å². The molecule has 1 fully saturated rings. The number of aliphatic carboxylic acids is 1. The van der Waals surface area contributed by atoms with Crippen molar-refractivity contribution in [2.24, 2.45) is 0 Å². The summed E-state index contributed by atoms with van der Waals surface area (Å²) in [6.45, 7) is 7.83. The summed E-state index contributed by atoms with van der Waals surface area (Å²) < 4.78 is 12.3. The Kier molecular flexibility index (Phi) is 5.66. The summed E-state index contributed by atoms with van der Waals surface area (Å²) in [7, 11) is 0. The molecule has 1 aliphatic carbocycles. The molecular weight excluding hydrogens is 374 g/mol. The zero-order valence-electron chi connectivity index (χ0n) is 17.2. The minimum atomic E-state index is -0.944. The van der Waals surface area contributed by atoms with E-state index in [1.165, 1.54) is 4.68 Å². The molecule has 2 N–H and O–H groups in total.